The molecule has 0 spiro atoms. The van der Waals surface area contributed by atoms with Crippen molar-refractivity contribution in [1.29, 1.82) is 0 Å². The number of carbonyl (C=O) groups excluding carboxylic acids is 3. The van der Waals surface area contributed by atoms with Gasteiger partial charge in [0, 0.05) is 23.6 Å². The van der Waals surface area contributed by atoms with Crippen molar-refractivity contribution >= 4 is 63.7 Å². The molecular weight excluding hydrogens is 478 g/mol. The first-order valence-corrected chi connectivity index (χ1v) is 11.8. The van der Waals surface area contributed by atoms with Gasteiger partial charge in [-0.05, 0) is 54.8 Å². The van der Waals surface area contributed by atoms with Gasteiger partial charge >= 0.3 is 0 Å². The zero-order chi connectivity index (χ0) is 23.8. The number of hydrogen-bond donors (Lipinski definition) is 2. The summed E-state index contributed by atoms with van der Waals surface area (Å²) in [5.74, 6) is -0.969. The number of halogens is 1. The highest BCUT2D eigenvalue weighted by atomic mass is 35.5. The minimum Gasteiger partial charge on any atom is -0.293 e. The molecule has 1 saturated heterocycles. The second-order valence-corrected chi connectivity index (χ2v) is 9.36. The van der Waals surface area contributed by atoms with Crippen LogP contribution in [0, 0.1) is 0 Å². The maximum absolute atomic E-state index is 12.7. The van der Waals surface area contributed by atoms with E-state index in [2.05, 4.69) is 10.9 Å². The highest BCUT2D eigenvalue weighted by Gasteiger charge is 2.31. The number of thiocarbonyl (C=S) groups is 1. The highest BCUT2D eigenvalue weighted by molar-refractivity contribution is 8.26. The van der Waals surface area contributed by atoms with E-state index in [0.29, 0.717) is 32.8 Å². The van der Waals surface area contributed by atoms with Crippen molar-refractivity contribution < 1.29 is 14.4 Å². The van der Waals surface area contributed by atoms with Crippen LogP contribution >= 0.6 is 35.6 Å². The first-order chi connectivity index (χ1) is 15.8. The number of hydrogen-bond acceptors (Lipinski definition) is 5. The van der Waals surface area contributed by atoms with Crippen LogP contribution in [0.4, 0.5) is 0 Å². The minimum absolute atomic E-state index is 0.129. The van der Waals surface area contributed by atoms with Gasteiger partial charge in [0.2, 0.25) is 5.91 Å². The molecule has 2 aromatic carbocycles. The normalized spacial score (nSPS) is 15.2. The van der Waals surface area contributed by atoms with Gasteiger partial charge in [0.15, 0.2) is 0 Å². The van der Waals surface area contributed by atoms with Crippen LogP contribution in [-0.2, 0) is 9.59 Å². The van der Waals surface area contributed by atoms with Crippen LogP contribution in [0.2, 0.25) is 5.02 Å². The lowest BCUT2D eigenvalue weighted by molar-refractivity contribution is -0.124. The van der Waals surface area contributed by atoms with Crippen LogP contribution in [-0.4, -0.2) is 33.5 Å². The van der Waals surface area contributed by atoms with Crippen molar-refractivity contribution in [1.82, 2.24) is 15.8 Å². The second-order valence-electron chi connectivity index (χ2n) is 7.25. The lowest BCUT2D eigenvalue weighted by atomic mass is 10.1. The number of thioether (sulfide) groups is 1. The van der Waals surface area contributed by atoms with E-state index < -0.39 is 5.91 Å². The van der Waals surface area contributed by atoms with Gasteiger partial charge in [-0.15, -0.1) is 0 Å². The standard InChI is InChI=1S/C24H22ClN3O3S2/c1-16(14-17-6-3-2-4-7-17)15-20-23(31)28(24(32)33-20)13-5-8-21(29)26-27-22(30)18-9-11-19(25)12-10-18/h2-4,6-7,9-12,14-15H,5,8,13H2,1H3,(H,26,29)(H,27,30)/b16-14+,20-15-. The van der Waals surface area contributed by atoms with Crippen molar-refractivity contribution in [3.8, 4) is 0 Å². The van der Waals surface area contributed by atoms with Crippen LogP contribution < -0.4 is 10.9 Å². The lowest BCUT2D eigenvalue weighted by Crippen LogP contribution is -2.41. The van der Waals surface area contributed by atoms with E-state index in [1.165, 1.54) is 16.7 Å². The summed E-state index contributed by atoms with van der Waals surface area (Å²) in [6.45, 7) is 2.25. The second kappa shape index (κ2) is 11.8. The average molecular weight is 500 g/mol. The molecule has 2 N–H and O–H groups in total. The Balaban J connectivity index is 1.46. The van der Waals surface area contributed by atoms with Crippen LogP contribution in [0.1, 0.15) is 35.7 Å². The third-order valence-corrected chi connectivity index (χ3v) is 6.26. The maximum Gasteiger partial charge on any atom is 0.269 e. The summed E-state index contributed by atoms with van der Waals surface area (Å²) >= 11 is 12.4. The zero-order valence-corrected chi connectivity index (χ0v) is 20.2. The molecule has 3 rings (SSSR count). The van der Waals surface area contributed by atoms with E-state index in [1.54, 1.807) is 24.3 Å². The van der Waals surface area contributed by atoms with Crippen molar-refractivity contribution in [2.45, 2.75) is 19.8 Å². The third kappa shape index (κ3) is 7.28. The number of benzene rings is 2. The Hall–Kier alpha value is -2.94. The molecule has 9 heteroatoms. The molecule has 6 nitrogen and oxygen atoms in total. The number of allylic oxidation sites excluding steroid dienone is 2. The number of nitrogens with zero attached hydrogens (tertiary/aromatic N) is 1. The Morgan fingerprint density at radius 3 is 2.48 bits per heavy atom. The molecule has 0 saturated carbocycles. The van der Waals surface area contributed by atoms with Crippen LogP contribution in [0.25, 0.3) is 6.08 Å². The van der Waals surface area contributed by atoms with Gasteiger partial charge in [0.05, 0.1) is 4.91 Å². The van der Waals surface area contributed by atoms with Crippen molar-refractivity contribution in [3.05, 3.63) is 87.3 Å². The van der Waals surface area contributed by atoms with Gasteiger partial charge in [-0.1, -0.05) is 72.0 Å². The van der Waals surface area contributed by atoms with E-state index in [1.807, 2.05) is 49.4 Å². The largest absolute Gasteiger partial charge is 0.293 e. The summed E-state index contributed by atoms with van der Waals surface area (Å²) in [6, 6.07) is 16.1. The summed E-state index contributed by atoms with van der Waals surface area (Å²) in [6.07, 6.45) is 4.35. The molecule has 0 atom stereocenters. The molecule has 0 radical (unpaired) electrons. The molecule has 1 heterocycles. The van der Waals surface area contributed by atoms with Crippen molar-refractivity contribution in [2.24, 2.45) is 0 Å². The Labute approximate surface area is 207 Å². The summed E-state index contributed by atoms with van der Waals surface area (Å²) in [7, 11) is 0. The maximum atomic E-state index is 12.7. The first-order valence-electron chi connectivity index (χ1n) is 10.2. The fourth-order valence-electron chi connectivity index (χ4n) is 3.01. The van der Waals surface area contributed by atoms with E-state index in [4.69, 9.17) is 23.8 Å². The summed E-state index contributed by atoms with van der Waals surface area (Å²) in [5, 5.41) is 0.517. The highest BCUT2D eigenvalue weighted by Crippen LogP contribution is 2.32. The van der Waals surface area contributed by atoms with E-state index in [9.17, 15) is 14.4 Å². The number of carbonyl (C=O) groups is 3. The molecule has 170 valence electrons. The average Bonchev–Trinajstić information content (AvgIpc) is 3.05. The van der Waals surface area contributed by atoms with Gasteiger partial charge in [0.25, 0.3) is 11.8 Å². The SMILES string of the molecule is CC(/C=C1\SC(=S)N(CCCC(=O)NNC(=O)c2ccc(Cl)cc2)C1=O)=C\c1ccccc1. The lowest BCUT2D eigenvalue weighted by Gasteiger charge is -2.14. The predicted molar refractivity (Wildman–Crippen MR) is 136 cm³/mol. The molecule has 33 heavy (non-hydrogen) atoms. The molecule has 0 aliphatic carbocycles. The van der Waals surface area contributed by atoms with Gasteiger partial charge < -0.3 is 0 Å². The zero-order valence-electron chi connectivity index (χ0n) is 17.8. The smallest absolute Gasteiger partial charge is 0.269 e. The molecule has 1 fully saturated rings. The molecule has 1 aliphatic rings. The monoisotopic (exact) mass is 499 g/mol. The van der Waals surface area contributed by atoms with Crippen LogP contribution in [0.15, 0.2) is 71.2 Å². The molecule has 0 bridgehead atoms. The quantitative estimate of drug-likeness (QED) is 0.327. The van der Waals surface area contributed by atoms with Gasteiger partial charge in [-0.25, -0.2) is 0 Å². The minimum atomic E-state index is -0.443. The Bertz CT molecular complexity index is 1120. The molecule has 0 aromatic heterocycles. The Kier molecular flexibility index (Phi) is 8.82. The first kappa shape index (κ1) is 24.7. The van der Waals surface area contributed by atoms with E-state index >= 15 is 0 Å². The third-order valence-electron chi connectivity index (χ3n) is 4.63. The van der Waals surface area contributed by atoms with E-state index in [-0.39, 0.29) is 18.2 Å². The molecule has 2 aromatic rings. The molecule has 3 amide bonds. The van der Waals surface area contributed by atoms with Gasteiger partial charge in [-0.3, -0.25) is 30.1 Å². The summed E-state index contributed by atoms with van der Waals surface area (Å²) in [5.41, 5.74) is 7.09. The van der Waals surface area contributed by atoms with Gasteiger partial charge in [-0.2, -0.15) is 0 Å². The van der Waals surface area contributed by atoms with Crippen LogP contribution in [0.3, 0.4) is 0 Å². The number of amides is 3. The summed E-state index contributed by atoms with van der Waals surface area (Å²) < 4.78 is 0.468. The van der Waals surface area contributed by atoms with E-state index in [0.717, 1.165) is 11.1 Å². The fourth-order valence-corrected chi connectivity index (χ4v) is 4.50. The van der Waals surface area contributed by atoms with Crippen molar-refractivity contribution in [2.75, 3.05) is 6.54 Å². The van der Waals surface area contributed by atoms with Crippen LogP contribution in [0.5, 0.6) is 0 Å². The molecule has 0 unspecified atom stereocenters. The number of hydrazine groups is 1. The fraction of sp³-hybridized carbons (Fsp3) is 0.167. The number of nitrogens with one attached hydrogen (secondary N) is 2. The topological polar surface area (TPSA) is 78.5 Å². The molecule has 1 aliphatic heterocycles. The van der Waals surface area contributed by atoms with Crippen molar-refractivity contribution in [3.63, 3.8) is 0 Å². The number of rotatable bonds is 7. The molecular formula is C24H22ClN3O3S2. The summed E-state index contributed by atoms with van der Waals surface area (Å²) in [4.78, 5) is 38.9. The predicted octanol–water partition coefficient (Wildman–Crippen LogP) is 4.73. The Morgan fingerprint density at radius 1 is 1.09 bits per heavy atom. The van der Waals surface area contributed by atoms with Gasteiger partial charge in [0.1, 0.15) is 4.32 Å². The Morgan fingerprint density at radius 2 is 1.79 bits per heavy atom.